The van der Waals surface area contributed by atoms with Crippen molar-refractivity contribution < 1.29 is 14.3 Å². The van der Waals surface area contributed by atoms with Crippen molar-refractivity contribution in [1.82, 2.24) is 5.32 Å². The fourth-order valence-corrected chi connectivity index (χ4v) is 1.93. The Kier molecular flexibility index (Phi) is 5.09. The number of carbonyl (C=O) groups is 2. The Bertz CT molecular complexity index is 263. The zero-order valence-electron chi connectivity index (χ0n) is 10.3. The third kappa shape index (κ3) is 3.68. The molecule has 1 rings (SSSR count). The van der Waals surface area contributed by atoms with Crippen LogP contribution in [-0.4, -0.2) is 30.4 Å². The molecule has 1 heterocycles. The number of hydrogen-bond acceptors (Lipinski definition) is 4. The normalized spacial score (nSPS) is 28.8. The van der Waals surface area contributed by atoms with Gasteiger partial charge in [-0.25, -0.2) is 0 Å². The van der Waals surface area contributed by atoms with Crippen molar-refractivity contribution in [3.05, 3.63) is 0 Å². The highest BCUT2D eigenvalue weighted by Crippen LogP contribution is 2.12. The topological polar surface area (TPSA) is 55.4 Å². The zero-order valence-corrected chi connectivity index (χ0v) is 10.3. The minimum absolute atomic E-state index is 0.00815. The Morgan fingerprint density at radius 1 is 1.44 bits per heavy atom. The predicted octanol–water partition coefficient (Wildman–Crippen LogP) is 1.29. The Balaban J connectivity index is 2.69. The van der Waals surface area contributed by atoms with Gasteiger partial charge in [-0.3, -0.25) is 14.9 Å². The molecule has 0 amide bonds. The van der Waals surface area contributed by atoms with Gasteiger partial charge in [0.25, 0.3) is 0 Å². The number of ketones is 2. The maximum atomic E-state index is 11.8. The molecule has 4 nitrogen and oxygen atoms in total. The third-order valence-corrected chi connectivity index (χ3v) is 2.92. The van der Waals surface area contributed by atoms with Crippen LogP contribution in [0.5, 0.6) is 0 Å². The van der Waals surface area contributed by atoms with Gasteiger partial charge in [0.1, 0.15) is 5.78 Å². The van der Waals surface area contributed by atoms with Crippen molar-refractivity contribution in [2.24, 2.45) is 5.92 Å². The first-order valence-corrected chi connectivity index (χ1v) is 5.94. The molecule has 0 spiro atoms. The molecule has 0 aromatic carbocycles. The molecule has 16 heavy (non-hydrogen) atoms. The van der Waals surface area contributed by atoms with Gasteiger partial charge < -0.3 is 4.74 Å². The highest BCUT2D eigenvalue weighted by Gasteiger charge is 2.26. The van der Waals surface area contributed by atoms with Crippen LogP contribution >= 0.6 is 0 Å². The van der Waals surface area contributed by atoms with Gasteiger partial charge in [0.05, 0.1) is 25.3 Å². The van der Waals surface area contributed by atoms with Gasteiger partial charge >= 0.3 is 0 Å². The SMILES string of the molecule is CCC1CC(=O)CC(=O)C(C(C)C)NCO1. The molecule has 1 aliphatic heterocycles. The Morgan fingerprint density at radius 3 is 2.69 bits per heavy atom. The Hall–Kier alpha value is -0.740. The highest BCUT2D eigenvalue weighted by atomic mass is 16.5. The minimum Gasteiger partial charge on any atom is -0.363 e. The maximum absolute atomic E-state index is 11.8. The van der Waals surface area contributed by atoms with Crippen LogP contribution in [0.25, 0.3) is 0 Å². The van der Waals surface area contributed by atoms with E-state index in [0.29, 0.717) is 13.2 Å². The second-order valence-electron chi connectivity index (χ2n) is 4.65. The predicted molar refractivity (Wildman–Crippen MR) is 61.0 cm³/mol. The molecule has 2 atom stereocenters. The average Bonchev–Trinajstić information content (AvgIpc) is 2.26. The van der Waals surface area contributed by atoms with Crippen LogP contribution in [-0.2, 0) is 14.3 Å². The summed E-state index contributed by atoms with van der Waals surface area (Å²) in [6, 6.07) is -0.264. The van der Waals surface area contributed by atoms with Gasteiger partial charge in [0, 0.05) is 6.42 Å². The van der Waals surface area contributed by atoms with Crippen molar-refractivity contribution >= 4 is 11.6 Å². The van der Waals surface area contributed by atoms with E-state index in [4.69, 9.17) is 4.74 Å². The minimum atomic E-state index is -0.264. The molecule has 1 saturated heterocycles. The van der Waals surface area contributed by atoms with Crippen LogP contribution in [0.1, 0.15) is 40.0 Å². The van der Waals surface area contributed by atoms with Gasteiger partial charge in [0.2, 0.25) is 0 Å². The van der Waals surface area contributed by atoms with Gasteiger partial charge in [-0.2, -0.15) is 0 Å². The molecule has 0 aliphatic carbocycles. The number of Topliss-reactive ketones (excluding diaryl/α,β-unsaturated/α-hetero) is 2. The van der Waals surface area contributed by atoms with Gasteiger partial charge in [-0.05, 0) is 12.3 Å². The second kappa shape index (κ2) is 6.11. The van der Waals surface area contributed by atoms with Gasteiger partial charge in [-0.1, -0.05) is 20.8 Å². The molecule has 0 radical (unpaired) electrons. The molecule has 0 saturated carbocycles. The highest BCUT2D eigenvalue weighted by molar-refractivity contribution is 6.01. The molecular formula is C12H21NO3. The Labute approximate surface area is 96.7 Å². The summed E-state index contributed by atoms with van der Waals surface area (Å²) in [5, 5.41) is 3.07. The van der Waals surface area contributed by atoms with E-state index in [9.17, 15) is 9.59 Å². The fraction of sp³-hybridized carbons (Fsp3) is 0.833. The largest absolute Gasteiger partial charge is 0.363 e. The van der Waals surface area contributed by atoms with Crippen LogP contribution in [0.3, 0.4) is 0 Å². The smallest absolute Gasteiger partial charge is 0.157 e. The summed E-state index contributed by atoms with van der Waals surface area (Å²) < 4.78 is 5.53. The van der Waals surface area contributed by atoms with E-state index in [-0.39, 0.29) is 36.1 Å². The van der Waals surface area contributed by atoms with E-state index in [1.807, 2.05) is 20.8 Å². The molecule has 1 fully saturated rings. The Morgan fingerprint density at radius 2 is 2.12 bits per heavy atom. The summed E-state index contributed by atoms with van der Waals surface area (Å²) in [7, 11) is 0. The van der Waals surface area contributed by atoms with Crippen molar-refractivity contribution in [2.45, 2.75) is 52.2 Å². The lowest BCUT2D eigenvalue weighted by Gasteiger charge is -2.20. The van der Waals surface area contributed by atoms with Crippen LogP contribution in [0.4, 0.5) is 0 Å². The summed E-state index contributed by atoms with van der Waals surface area (Å²) in [5.74, 6) is 0.161. The lowest BCUT2D eigenvalue weighted by molar-refractivity contribution is -0.128. The summed E-state index contributed by atoms with van der Waals surface area (Å²) in [6.45, 7) is 6.27. The fourth-order valence-electron chi connectivity index (χ4n) is 1.93. The van der Waals surface area contributed by atoms with Crippen LogP contribution in [0, 0.1) is 5.92 Å². The van der Waals surface area contributed by atoms with E-state index in [2.05, 4.69) is 5.32 Å². The zero-order chi connectivity index (χ0) is 12.1. The van der Waals surface area contributed by atoms with Crippen molar-refractivity contribution in [2.75, 3.05) is 6.73 Å². The molecule has 92 valence electrons. The van der Waals surface area contributed by atoms with E-state index >= 15 is 0 Å². The van der Waals surface area contributed by atoms with Crippen molar-refractivity contribution in [3.8, 4) is 0 Å². The lowest BCUT2D eigenvalue weighted by atomic mass is 9.95. The molecule has 1 aliphatic rings. The van der Waals surface area contributed by atoms with Crippen LogP contribution in [0.15, 0.2) is 0 Å². The third-order valence-electron chi connectivity index (χ3n) is 2.92. The van der Waals surface area contributed by atoms with E-state index in [0.717, 1.165) is 6.42 Å². The van der Waals surface area contributed by atoms with Crippen molar-refractivity contribution in [1.29, 1.82) is 0 Å². The maximum Gasteiger partial charge on any atom is 0.157 e. The number of carbonyl (C=O) groups excluding carboxylic acids is 2. The van der Waals surface area contributed by atoms with Crippen LogP contribution in [0.2, 0.25) is 0 Å². The first-order chi connectivity index (χ1) is 7.54. The summed E-state index contributed by atoms with van der Waals surface area (Å²) in [5.41, 5.74) is 0. The number of ether oxygens (including phenoxy) is 1. The summed E-state index contributed by atoms with van der Waals surface area (Å²) in [4.78, 5) is 23.4. The monoisotopic (exact) mass is 227 g/mol. The standard InChI is InChI=1S/C12H21NO3/c1-4-10-5-9(14)6-11(15)12(8(2)3)13-7-16-10/h8,10,12-13H,4-7H2,1-3H3. The summed E-state index contributed by atoms with van der Waals surface area (Å²) in [6.07, 6.45) is 1.14. The molecule has 1 N–H and O–H groups in total. The first-order valence-electron chi connectivity index (χ1n) is 5.94. The number of nitrogens with one attached hydrogen (secondary N) is 1. The molecule has 4 heteroatoms. The molecule has 2 unspecified atom stereocenters. The van der Waals surface area contributed by atoms with E-state index in [1.165, 1.54) is 0 Å². The first kappa shape index (κ1) is 13.3. The molecule has 0 bridgehead atoms. The lowest BCUT2D eigenvalue weighted by Crippen LogP contribution is -2.42. The van der Waals surface area contributed by atoms with E-state index in [1.54, 1.807) is 0 Å². The van der Waals surface area contributed by atoms with E-state index < -0.39 is 0 Å². The second-order valence-corrected chi connectivity index (χ2v) is 4.65. The molecule has 0 aromatic heterocycles. The quantitative estimate of drug-likeness (QED) is 0.722. The molecule has 0 aromatic rings. The number of hydrogen-bond donors (Lipinski definition) is 1. The van der Waals surface area contributed by atoms with Gasteiger partial charge in [0.15, 0.2) is 5.78 Å². The summed E-state index contributed by atoms with van der Waals surface area (Å²) >= 11 is 0. The van der Waals surface area contributed by atoms with Crippen LogP contribution < -0.4 is 5.32 Å². The number of rotatable bonds is 2. The average molecular weight is 227 g/mol. The van der Waals surface area contributed by atoms with Crippen molar-refractivity contribution in [3.63, 3.8) is 0 Å². The van der Waals surface area contributed by atoms with Gasteiger partial charge in [-0.15, -0.1) is 0 Å². The molecular weight excluding hydrogens is 206 g/mol.